The normalized spacial score (nSPS) is 15.8. The molecule has 0 radical (unpaired) electrons. The minimum atomic E-state index is -1.00. The van der Waals surface area contributed by atoms with Gasteiger partial charge in [0.05, 0.1) is 18.7 Å². The number of thioether (sulfide) groups is 1. The van der Waals surface area contributed by atoms with Crippen LogP contribution in [0.5, 0.6) is 11.5 Å². The number of benzene rings is 3. The number of aliphatic hydroxyl groups is 1. The van der Waals surface area contributed by atoms with Crippen LogP contribution >= 0.6 is 23.1 Å². The Hall–Kier alpha value is -5.00. The maximum atomic E-state index is 13.6. The molecule has 6 rings (SSSR count). The predicted molar refractivity (Wildman–Crippen MR) is 173 cm³/mol. The minimum absolute atomic E-state index is 0.0738. The van der Waals surface area contributed by atoms with Crippen molar-refractivity contribution in [3.05, 3.63) is 131 Å². The van der Waals surface area contributed by atoms with E-state index < -0.39 is 17.7 Å². The second-order valence-corrected chi connectivity index (χ2v) is 12.4. The van der Waals surface area contributed by atoms with Gasteiger partial charge in [-0.25, -0.2) is 0 Å². The van der Waals surface area contributed by atoms with Gasteiger partial charge in [-0.15, -0.1) is 10.2 Å². The number of rotatable bonds is 10. The summed E-state index contributed by atoms with van der Waals surface area (Å²) in [5.74, 6) is -0.399. The highest BCUT2D eigenvalue weighted by Gasteiger charge is 2.48. The number of carbonyl (C=O) groups excluding carboxylic acids is 2. The van der Waals surface area contributed by atoms with Crippen molar-refractivity contribution >= 4 is 45.7 Å². The van der Waals surface area contributed by atoms with Gasteiger partial charge in [0, 0.05) is 23.7 Å². The Morgan fingerprint density at radius 2 is 1.69 bits per heavy atom. The van der Waals surface area contributed by atoms with Gasteiger partial charge in [0.15, 0.2) is 15.8 Å². The van der Waals surface area contributed by atoms with Gasteiger partial charge in [-0.1, -0.05) is 89.3 Å². The number of aryl methyl sites for hydroxylation is 1. The molecule has 9 nitrogen and oxygen atoms in total. The van der Waals surface area contributed by atoms with Crippen molar-refractivity contribution < 1.29 is 24.2 Å². The van der Waals surface area contributed by atoms with Gasteiger partial charge in [0.1, 0.15) is 12.4 Å². The number of nitrogens with zero attached hydrogens (tertiary/aromatic N) is 4. The number of pyridine rings is 1. The van der Waals surface area contributed by atoms with E-state index >= 15 is 0 Å². The average Bonchev–Trinajstić information content (AvgIpc) is 3.65. The fraction of sp³-hybridized carbons (Fsp3) is 0.147. The Bertz CT molecular complexity index is 1860. The molecular weight excluding hydrogens is 609 g/mol. The summed E-state index contributed by atoms with van der Waals surface area (Å²) < 4.78 is 12.3. The van der Waals surface area contributed by atoms with Crippen LogP contribution in [-0.2, 0) is 21.9 Å². The van der Waals surface area contributed by atoms with Crippen molar-refractivity contribution in [3.8, 4) is 11.5 Å². The van der Waals surface area contributed by atoms with E-state index in [4.69, 9.17) is 9.47 Å². The van der Waals surface area contributed by atoms with E-state index in [0.717, 1.165) is 11.1 Å². The van der Waals surface area contributed by atoms with Crippen LogP contribution in [0.2, 0.25) is 0 Å². The van der Waals surface area contributed by atoms with E-state index in [9.17, 15) is 14.7 Å². The molecule has 0 saturated carbocycles. The number of Topliss-reactive ketones (excluding diaryl/α,β-unsaturated/α-hetero) is 1. The highest BCUT2D eigenvalue weighted by Crippen LogP contribution is 2.45. The van der Waals surface area contributed by atoms with Gasteiger partial charge in [-0.2, -0.15) is 0 Å². The molecule has 0 bridgehead atoms. The van der Waals surface area contributed by atoms with Crippen LogP contribution in [-0.4, -0.2) is 39.1 Å². The second kappa shape index (κ2) is 13.3. The third kappa shape index (κ3) is 6.45. The van der Waals surface area contributed by atoms with E-state index in [-0.39, 0.29) is 16.5 Å². The Labute approximate surface area is 268 Å². The summed E-state index contributed by atoms with van der Waals surface area (Å²) >= 11 is 2.70. The summed E-state index contributed by atoms with van der Waals surface area (Å²) in [6.45, 7) is 2.36. The first kappa shape index (κ1) is 30.0. The van der Waals surface area contributed by atoms with Gasteiger partial charge >= 0.3 is 5.91 Å². The average molecular weight is 637 g/mol. The van der Waals surface area contributed by atoms with Crippen molar-refractivity contribution in [1.82, 2.24) is 15.2 Å². The second-order valence-electron chi connectivity index (χ2n) is 10.2. The number of ketones is 1. The van der Waals surface area contributed by atoms with Crippen LogP contribution in [0, 0.1) is 6.92 Å². The highest BCUT2D eigenvalue weighted by molar-refractivity contribution is 8.00. The largest absolute Gasteiger partial charge is 0.507 e. The molecule has 11 heteroatoms. The van der Waals surface area contributed by atoms with Gasteiger partial charge < -0.3 is 14.6 Å². The first-order valence-corrected chi connectivity index (χ1v) is 15.8. The molecule has 1 saturated heterocycles. The SMILES string of the molecule is COc1cc(C2/C(=C(\O)c3ccncc3)C(=O)C(=O)N2c2nnc(SCc3ccc(C)cc3)s2)ccc1OCc1ccccc1. The molecule has 1 atom stereocenters. The number of aromatic nitrogens is 3. The Balaban J connectivity index is 1.36. The lowest BCUT2D eigenvalue weighted by Gasteiger charge is -2.23. The molecule has 45 heavy (non-hydrogen) atoms. The van der Waals surface area contributed by atoms with E-state index in [1.807, 2.05) is 37.3 Å². The quantitative estimate of drug-likeness (QED) is 0.0585. The van der Waals surface area contributed by atoms with Gasteiger partial charge in [0.25, 0.3) is 5.78 Å². The molecule has 1 amide bonds. The lowest BCUT2D eigenvalue weighted by atomic mass is 9.95. The first-order chi connectivity index (χ1) is 21.9. The van der Waals surface area contributed by atoms with Crippen LogP contribution in [0.1, 0.15) is 33.9 Å². The molecule has 5 aromatic rings. The number of anilines is 1. The van der Waals surface area contributed by atoms with Crippen LogP contribution < -0.4 is 14.4 Å². The summed E-state index contributed by atoms with van der Waals surface area (Å²) in [5, 5.41) is 20.2. The highest BCUT2D eigenvalue weighted by atomic mass is 32.2. The summed E-state index contributed by atoms with van der Waals surface area (Å²) in [6.07, 6.45) is 3.01. The minimum Gasteiger partial charge on any atom is -0.507 e. The molecule has 1 aliphatic heterocycles. The number of hydrogen-bond donors (Lipinski definition) is 1. The topological polar surface area (TPSA) is 115 Å². The Morgan fingerprint density at radius 3 is 2.42 bits per heavy atom. The van der Waals surface area contributed by atoms with Crippen LogP contribution in [0.15, 0.2) is 107 Å². The Kier molecular flexibility index (Phi) is 8.90. The maximum absolute atomic E-state index is 13.6. The smallest absolute Gasteiger partial charge is 0.301 e. The monoisotopic (exact) mass is 636 g/mol. The Morgan fingerprint density at radius 1 is 0.933 bits per heavy atom. The molecule has 0 spiro atoms. The molecule has 226 valence electrons. The maximum Gasteiger partial charge on any atom is 0.301 e. The zero-order valence-corrected chi connectivity index (χ0v) is 26.0. The summed E-state index contributed by atoms with van der Waals surface area (Å²) in [6, 6.07) is 25.3. The number of hydrogen-bond acceptors (Lipinski definition) is 10. The fourth-order valence-corrected chi connectivity index (χ4v) is 6.73. The van der Waals surface area contributed by atoms with Gasteiger partial charge in [0.2, 0.25) is 5.13 Å². The van der Waals surface area contributed by atoms with E-state index in [0.29, 0.717) is 39.3 Å². The van der Waals surface area contributed by atoms with Gasteiger partial charge in [-0.3, -0.25) is 19.5 Å². The summed E-state index contributed by atoms with van der Waals surface area (Å²) in [7, 11) is 1.52. The third-order valence-corrected chi connectivity index (χ3v) is 9.35. The van der Waals surface area contributed by atoms with Crippen LogP contribution in [0.3, 0.4) is 0 Å². The van der Waals surface area contributed by atoms with E-state index in [1.54, 1.807) is 30.3 Å². The fourth-order valence-electron chi connectivity index (χ4n) is 4.91. The standard InChI is InChI=1S/C34H28N4O5S2/c1-21-8-10-23(11-9-21)20-44-34-37-36-33(45-34)38-29(28(31(40)32(38)41)30(39)24-14-16-35-17-15-24)25-12-13-26(27(18-25)42-2)43-19-22-6-4-3-5-7-22/h3-18,29,39H,19-20H2,1-2H3/b30-28+. The first-order valence-electron chi connectivity index (χ1n) is 14.0. The van der Waals surface area contributed by atoms with Crippen LogP contribution in [0.25, 0.3) is 5.76 Å². The molecule has 0 aliphatic carbocycles. The van der Waals surface area contributed by atoms with Crippen molar-refractivity contribution in [1.29, 1.82) is 0 Å². The summed E-state index contributed by atoms with van der Waals surface area (Å²) in [5.41, 5.74) is 4.10. The lowest BCUT2D eigenvalue weighted by Crippen LogP contribution is -2.29. The third-order valence-electron chi connectivity index (χ3n) is 7.22. The molecule has 3 heterocycles. The van der Waals surface area contributed by atoms with Crippen molar-refractivity contribution in [2.45, 2.75) is 29.7 Å². The molecule has 1 unspecified atom stereocenters. The van der Waals surface area contributed by atoms with Crippen molar-refractivity contribution in [2.24, 2.45) is 0 Å². The molecule has 1 fully saturated rings. The molecule has 1 aliphatic rings. The number of ether oxygens (including phenoxy) is 2. The van der Waals surface area contributed by atoms with E-state index in [1.165, 1.54) is 53.1 Å². The number of aliphatic hydroxyl groups excluding tert-OH is 1. The zero-order valence-electron chi connectivity index (χ0n) is 24.4. The number of amides is 1. The number of methoxy groups -OCH3 is 1. The summed E-state index contributed by atoms with van der Waals surface area (Å²) in [4.78, 5) is 32.5. The zero-order chi connectivity index (χ0) is 31.3. The predicted octanol–water partition coefficient (Wildman–Crippen LogP) is 6.75. The molecule has 2 aromatic heterocycles. The molecule has 3 aromatic carbocycles. The van der Waals surface area contributed by atoms with Crippen molar-refractivity contribution in [2.75, 3.05) is 12.0 Å². The van der Waals surface area contributed by atoms with Gasteiger partial charge in [-0.05, 0) is 47.9 Å². The number of carbonyl (C=O) groups is 2. The lowest BCUT2D eigenvalue weighted by molar-refractivity contribution is -0.132. The molecule has 1 N–H and O–H groups in total. The van der Waals surface area contributed by atoms with E-state index in [2.05, 4.69) is 39.4 Å². The molecular formula is C34H28N4O5S2. The van der Waals surface area contributed by atoms with Crippen LogP contribution in [0.4, 0.5) is 5.13 Å². The van der Waals surface area contributed by atoms with Crippen molar-refractivity contribution in [3.63, 3.8) is 0 Å².